The van der Waals surface area contributed by atoms with E-state index in [1.807, 2.05) is 60.7 Å². The summed E-state index contributed by atoms with van der Waals surface area (Å²) in [5.41, 5.74) is 7.05. The summed E-state index contributed by atoms with van der Waals surface area (Å²) in [6.45, 7) is 0. The van der Waals surface area contributed by atoms with Gasteiger partial charge in [-0.15, -0.1) is 0 Å². The lowest BCUT2D eigenvalue weighted by atomic mass is 9.91. The lowest BCUT2D eigenvalue weighted by molar-refractivity contribution is 0.479. The molecule has 138 valence electrons. The fourth-order valence-corrected chi connectivity index (χ4v) is 3.57. The highest BCUT2D eigenvalue weighted by Crippen LogP contribution is 2.43. The van der Waals surface area contributed by atoms with E-state index < -0.39 is 0 Å². The molecule has 0 fully saturated rings. The number of hydrogen-bond donors (Lipinski definition) is 1. The number of phenolic OH excluding ortho intramolecular Hbond substituents is 1. The first kappa shape index (κ1) is 17.9. The van der Waals surface area contributed by atoms with E-state index in [4.69, 9.17) is 0 Å². The first-order chi connectivity index (χ1) is 13.6. The molecule has 0 radical (unpaired) electrons. The molecule has 0 unspecified atom stereocenters. The van der Waals surface area contributed by atoms with Crippen LogP contribution in [-0.4, -0.2) is 19.2 Å². The predicted molar refractivity (Wildman–Crippen MR) is 119 cm³/mol. The van der Waals surface area contributed by atoms with Crippen molar-refractivity contribution in [3.63, 3.8) is 0 Å². The van der Waals surface area contributed by atoms with Gasteiger partial charge in [-0.05, 0) is 34.9 Å². The minimum Gasteiger partial charge on any atom is -0.507 e. The van der Waals surface area contributed by atoms with Crippen LogP contribution in [0.5, 0.6) is 5.75 Å². The molecule has 4 aromatic rings. The summed E-state index contributed by atoms with van der Waals surface area (Å²) in [5.74, 6) is 0.309. The second-order valence-electron chi connectivity index (χ2n) is 7.06. The largest absolute Gasteiger partial charge is 0.507 e. The standard InChI is InChI=1S/C26H23NO/c1-27(2)25-16-10-9-15-22(25)21-17-23(19-11-5-3-6-12-19)26(28)24(18-21)20-13-7-4-8-14-20/h3-18,28H,1-2H3. The summed E-state index contributed by atoms with van der Waals surface area (Å²) in [6, 6.07) is 32.6. The Kier molecular flexibility index (Phi) is 4.86. The maximum absolute atomic E-state index is 11.1. The van der Waals surface area contributed by atoms with Gasteiger partial charge in [0.15, 0.2) is 0 Å². The van der Waals surface area contributed by atoms with E-state index in [2.05, 4.69) is 55.4 Å². The molecule has 0 aliphatic heterocycles. The molecule has 0 saturated carbocycles. The predicted octanol–water partition coefficient (Wildman–Crippen LogP) is 6.46. The Bertz CT molecular complexity index is 1030. The Hall–Kier alpha value is -3.52. The monoisotopic (exact) mass is 365 g/mol. The maximum atomic E-state index is 11.1. The molecule has 4 aromatic carbocycles. The fraction of sp³-hybridized carbons (Fsp3) is 0.0769. The summed E-state index contributed by atoms with van der Waals surface area (Å²) < 4.78 is 0. The highest BCUT2D eigenvalue weighted by molar-refractivity contribution is 5.90. The molecular weight excluding hydrogens is 342 g/mol. The van der Waals surface area contributed by atoms with Crippen LogP contribution < -0.4 is 4.90 Å². The molecule has 0 aliphatic rings. The minimum atomic E-state index is 0.309. The van der Waals surface area contributed by atoms with E-state index in [0.717, 1.165) is 39.1 Å². The van der Waals surface area contributed by atoms with E-state index >= 15 is 0 Å². The van der Waals surface area contributed by atoms with E-state index in [0.29, 0.717) is 5.75 Å². The van der Waals surface area contributed by atoms with Crippen molar-refractivity contribution in [3.05, 3.63) is 97.1 Å². The van der Waals surface area contributed by atoms with Crippen LogP contribution in [0.3, 0.4) is 0 Å². The zero-order valence-corrected chi connectivity index (χ0v) is 16.1. The fourth-order valence-electron chi connectivity index (χ4n) is 3.57. The minimum absolute atomic E-state index is 0.309. The van der Waals surface area contributed by atoms with Gasteiger partial charge in [-0.1, -0.05) is 78.9 Å². The number of benzene rings is 4. The normalized spacial score (nSPS) is 10.6. The summed E-state index contributed by atoms with van der Waals surface area (Å²) in [5, 5.41) is 11.1. The quantitative estimate of drug-likeness (QED) is 0.449. The first-order valence-electron chi connectivity index (χ1n) is 9.40. The van der Waals surface area contributed by atoms with Crippen LogP contribution in [0, 0.1) is 0 Å². The molecular formula is C26H23NO. The third-order valence-electron chi connectivity index (χ3n) is 4.98. The second-order valence-corrected chi connectivity index (χ2v) is 7.06. The van der Waals surface area contributed by atoms with Crippen molar-refractivity contribution in [1.29, 1.82) is 0 Å². The third kappa shape index (κ3) is 3.37. The maximum Gasteiger partial charge on any atom is 0.131 e. The van der Waals surface area contributed by atoms with Gasteiger partial charge in [-0.3, -0.25) is 0 Å². The molecule has 0 amide bonds. The number of aromatic hydroxyl groups is 1. The average molecular weight is 365 g/mol. The molecule has 2 nitrogen and oxygen atoms in total. The number of hydrogen-bond acceptors (Lipinski definition) is 2. The van der Waals surface area contributed by atoms with Gasteiger partial charge in [0.1, 0.15) is 5.75 Å². The van der Waals surface area contributed by atoms with Crippen molar-refractivity contribution < 1.29 is 5.11 Å². The van der Waals surface area contributed by atoms with Crippen LogP contribution in [0.2, 0.25) is 0 Å². The summed E-state index contributed by atoms with van der Waals surface area (Å²) in [4.78, 5) is 2.12. The van der Waals surface area contributed by atoms with Crippen molar-refractivity contribution in [3.8, 4) is 39.1 Å². The topological polar surface area (TPSA) is 23.5 Å². The van der Waals surface area contributed by atoms with E-state index in [1.54, 1.807) is 0 Å². The van der Waals surface area contributed by atoms with Gasteiger partial charge in [0.2, 0.25) is 0 Å². The van der Waals surface area contributed by atoms with Crippen molar-refractivity contribution in [2.45, 2.75) is 0 Å². The van der Waals surface area contributed by atoms with Crippen molar-refractivity contribution >= 4 is 5.69 Å². The van der Waals surface area contributed by atoms with Gasteiger partial charge >= 0.3 is 0 Å². The van der Waals surface area contributed by atoms with Crippen LogP contribution in [0.4, 0.5) is 5.69 Å². The van der Waals surface area contributed by atoms with Crippen LogP contribution in [0.1, 0.15) is 0 Å². The molecule has 0 heterocycles. The Labute approximate surface area is 166 Å². The number of para-hydroxylation sites is 1. The molecule has 0 spiro atoms. The number of phenols is 1. The highest BCUT2D eigenvalue weighted by Gasteiger charge is 2.16. The van der Waals surface area contributed by atoms with Gasteiger partial charge in [0, 0.05) is 36.5 Å². The van der Waals surface area contributed by atoms with Crippen molar-refractivity contribution in [2.75, 3.05) is 19.0 Å². The molecule has 0 bridgehead atoms. The Morgan fingerprint density at radius 3 is 1.50 bits per heavy atom. The van der Waals surface area contributed by atoms with Crippen LogP contribution >= 0.6 is 0 Å². The summed E-state index contributed by atoms with van der Waals surface area (Å²) >= 11 is 0. The highest BCUT2D eigenvalue weighted by atomic mass is 16.3. The van der Waals surface area contributed by atoms with Gasteiger partial charge < -0.3 is 10.0 Å². The molecule has 28 heavy (non-hydrogen) atoms. The van der Waals surface area contributed by atoms with Gasteiger partial charge in [-0.25, -0.2) is 0 Å². The molecule has 0 atom stereocenters. The molecule has 2 heteroatoms. The molecule has 0 aliphatic carbocycles. The van der Waals surface area contributed by atoms with E-state index in [-0.39, 0.29) is 0 Å². The summed E-state index contributed by atoms with van der Waals surface area (Å²) in [6.07, 6.45) is 0. The van der Waals surface area contributed by atoms with Crippen LogP contribution in [0.25, 0.3) is 33.4 Å². The smallest absolute Gasteiger partial charge is 0.131 e. The van der Waals surface area contributed by atoms with Crippen LogP contribution in [-0.2, 0) is 0 Å². The molecule has 1 N–H and O–H groups in total. The third-order valence-corrected chi connectivity index (χ3v) is 4.98. The van der Waals surface area contributed by atoms with Crippen LogP contribution in [0.15, 0.2) is 97.1 Å². The van der Waals surface area contributed by atoms with Gasteiger partial charge in [0.05, 0.1) is 0 Å². The lowest BCUT2D eigenvalue weighted by Crippen LogP contribution is -2.09. The van der Waals surface area contributed by atoms with Gasteiger partial charge in [-0.2, -0.15) is 0 Å². The SMILES string of the molecule is CN(C)c1ccccc1-c1cc(-c2ccccc2)c(O)c(-c2ccccc2)c1. The van der Waals surface area contributed by atoms with E-state index in [9.17, 15) is 5.11 Å². The summed E-state index contributed by atoms with van der Waals surface area (Å²) in [7, 11) is 4.10. The Morgan fingerprint density at radius 2 is 1.00 bits per heavy atom. The average Bonchev–Trinajstić information content (AvgIpc) is 2.75. The van der Waals surface area contributed by atoms with Gasteiger partial charge in [0.25, 0.3) is 0 Å². The number of nitrogens with zero attached hydrogens (tertiary/aromatic N) is 1. The molecule has 4 rings (SSSR count). The zero-order chi connectivity index (χ0) is 19.5. The first-order valence-corrected chi connectivity index (χ1v) is 9.40. The number of rotatable bonds is 4. The van der Waals surface area contributed by atoms with Crippen molar-refractivity contribution in [2.24, 2.45) is 0 Å². The zero-order valence-electron chi connectivity index (χ0n) is 16.1. The van der Waals surface area contributed by atoms with Crippen molar-refractivity contribution in [1.82, 2.24) is 0 Å². The Morgan fingerprint density at radius 1 is 0.536 bits per heavy atom. The number of anilines is 1. The second kappa shape index (κ2) is 7.61. The van der Waals surface area contributed by atoms with E-state index in [1.165, 1.54) is 0 Å². The lowest BCUT2D eigenvalue weighted by Gasteiger charge is -2.20. The molecule has 0 saturated heterocycles. The Balaban J connectivity index is 2.01. The molecule has 0 aromatic heterocycles.